The zero-order valence-electron chi connectivity index (χ0n) is 12.4. The standard InChI is InChI=1S/C17H28N2O/c18-13-5-2-6-14-19-15-9-11-17(12-10-15)20-16-7-3-1-4-8-16/h9-12,16,19H,1-8,13-14,18H2. The molecule has 1 aliphatic rings. The van der Waals surface area contributed by atoms with Gasteiger partial charge in [0, 0.05) is 12.2 Å². The number of nitrogens with two attached hydrogens (primary N) is 1. The Labute approximate surface area is 122 Å². The lowest BCUT2D eigenvalue weighted by atomic mass is 9.98. The molecule has 1 aromatic rings. The number of unbranched alkanes of at least 4 members (excludes halogenated alkanes) is 2. The Morgan fingerprint density at radius 2 is 1.75 bits per heavy atom. The van der Waals surface area contributed by atoms with Gasteiger partial charge in [-0.3, -0.25) is 0 Å². The summed E-state index contributed by atoms with van der Waals surface area (Å²) in [7, 11) is 0. The highest BCUT2D eigenvalue weighted by Crippen LogP contribution is 2.24. The predicted molar refractivity (Wildman–Crippen MR) is 85.3 cm³/mol. The molecule has 2 rings (SSSR count). The van der Waals surface area contributed by atoms with Crippen LogP contribution in [-0.4, -0.2) is 19.2 Å². The van der Waals surface area contributed by atoms with Gasteiger partial charge >= 0.3 is 0 Å². The summed E-state index contributed by atoms with van der Waals surface area (Å²) in [5.41, 5.74) is 6.66. The van der Waals surface area contributed by atoms with Crippen molar-refractivity contribution < 1.29 is 4.74 Å². The van der Waals surface area contributed by atoms with E-state index in [0.717, 1.165) is 25.3 Å². The number of anilines is 1. The molecule has 1 saturated carbocycles. The van der Waals surface area contributed by atoms with E-state index in [9.17, 15) is 0 Å². The number of ether oxygens (including phenoxy) is 1. The monoisotopic (exact) mass is 276 g/mol. The molecule has 0 unspecified atom stereocenters. The Morgan fingerprint density at radius 3 is 2.45 bits per heavy atom. The molecule has 1 fully saturated rings. The first-order valence-corrected chi connectivity index (χ1v) is 8.09. The first kappa shape index (κ1) is 15.2. The third-order valence-electron chi connectivity index (χ3n) is 3.92. The molecule has 1 aliphatic carbocycles. The summed E-state index contributed by atoms with van der Waals surface area (Å²) in [6.45, 7) is 1.82. The van der Waals surface area contributed by atoms with E-state index in [1.165, 1.54) is 50.6 Å². The van der Waals surface area contributed by atoms with E-state index in [1.807, 2.05) is 0 Å². The first-order valence-electron chi connectivity index (χ1n) is 8.09. The van der Waals surface area contributed by atoms with E-state index in [0.29, 0.717) is 6.10 Å². The summed E-state index contributed by atoms with van der Waals surface area (Å²) in [6, 6.07) is 8.38. The van der Waals surface area contributed by atoms with Crippen LogP contribution >= 0.6 is 0 Å². The van der Waals surface area contributed by atoms with Crippen LogP contribution in [0.4, 0.5) is 5.69 Å². The molecule has 0 heterocycles. The lowest BCUT2D eigenvalue weighted by Crippen LogP contribution is -2.19. The lowest BCUT2D eigenvalue weighted by Gasteiger charge is -2.23. The summed E-state index contributed by atoms with van der Waals surface area (Å²) in [4.78, 5) is 0. The van der Waals surface area contributed by atoms with E-state index in [2.05, 4.69) is 29.6 Å². The Morgan fingerprint density at radius 1 is 1.00 bits per heavy atom. The maximum absolute atomic E-state index is 6.03. The highest BCUT2D eigenvalue weighted by Gasteiger charge is 2.14. The molecule has 3 heteroatoms. The highest BCUT2D eigenvalue weighted by molar-refractivity contribution is 5.46. The number of nitrogens with one attached hydrogen (secondary N) is 1. The van der Waals surface area contributed by atoms with E-state index in [1.54, 1.807) is 0 Å². The van der Waals surface area contributed by atoms with Crippen molar-refractivity contribution in [2.24, 2.45) is 5.73 Å². The Hall–Kier alpha value is -1.22. The number of benzene rings is 1. The normalized spacial score (nSPS) is 16.1. The van der Waals surface area contributed by atoms with Gasteiger partial charge in [0.15, 0.2) is 0 Å². The van der Waals surface area contributed by atoms with Crippen LogP contribution in [0.2, 0.25) is 0 Å². The minimum absolute atomic E-state index is 0.429. The highest BCUT2D eigenvalue weighted by atomic mass is 16.5. The number of hydrogen-bond acceptors (Lipinski definition) is 3. The van der Waals surface area contributed by atoms with Crippen LogP contribution in [0, 0.1) is 0 Å². The molecule has 3 N–H and O–H groups in total. The summed E-state index contributed by atoms with van der Waals surface area (Å²) in [5, 5.41) is 3.44. The summed E-state index contributed by atoms with van der Waals surface area (Å²) in [6.07, 6.45) is 10.3. The summed E-state index contributed by atoms with van der Waals surface area (Å²) >= 11 is 0. The number of rotatable bonds is 8. The van der Waals surface area contributed by atoms with Gasteiger partial charge in [-0.15, -0.1) is 0 Å². The largest absolute Gasteiger partial charge is 0.490 e. The van der Waals surface area contributed by atoms with Gasteiger partial charge in [-0.25, -0.2) is 0 Å². The molecule has 3 nitrogen and oxygen atoms in total. The molecule has 0 radical (unpaired) electrons. The van der Waals surface area contributed by atoms with E-state index >= 15 is 0 Å². The molecule has 0 saturated heterocycles. The van der Waals surface area contributed by atoms with Gasteiger partial charge in [0.2, 0.25) is 0 Å². The fraction of sp³-hybridized carbons (Fsp3) is 0.647. The molecule has 112 valence electrons. The predicted octanol–water partition coefficient (Wildman–Crippen LogP) is 3.94. The molecule has 0 amide bonds. The van der Waals surface area contributed by atoms with Crippen LogP contribution in [-0.2, 0) is 0 Å². The van der Waals surface area contributed by atoms with Crippen LogP contribution in [0.3, 0.4) is 0 Å². The quantitative estimate of drug-likeness (QED) is 0.707. The Bertz CT molecular complexity index is 358. The third-order valence-corrected chi connectivity index (χ3v) is 3.92. The average molecular weight is 276 g/mol. The summed E-state index contributed by atoms with van der Waals surface area (Å²) < 4.78 is 6.03. The molecule has 0 bridgehead atoms. The second-order valence-corrected chi connectivity index (χ2v) is 5.68. The molecule has 0 spiro atoms. The van der Waals surface area contributed by atoms with E-state index in [4.69, 9.17) is 10.5 Å². The van der Waals surface area contributed by atoms with Crippen LogP contribution in [0.15, 0.2) is 24.3 Å². The zero-order valence-corrected chi connectivity index (χ0v) is 12.4. The van der Waals surface area contributed by atoms with Crippen LogP contribution in [0.1, 0.15) is 51.4 Å². The van der Waals surface area contributed by atoms with E-state index in [-0.39, 0.29) is 0 Å². The van der Waals surface area contributed by atoms with Crippen molar-refractivity contribution in [2.75, 3.05) is 18.4 Å². The van der Waals surface area contributed by atoms with Crippen LogP contribution in [0.5, 0.6) is 5.75 Å². The maximum Gasteiger partial charge on any atom is 0.119 e. The fourth-order valence-corrected chi connectivity index (χ4v) is 2.71. The molecule has 0 atom stereocenters. The van der Waals surface area contributed by atoms with Gasteiger partial charge in [0.05, 0.1) is 6.10 Å². The molecular weight excluding hydrogens is 248 g/mol. The van der Waals surface area contributed by atoms with Gasteiger partial charge in [0.1, 0.15) is 5.75 Å². The van der Waals surface area contributed by atoms with E-state index < -0.39 is 0 Å². The van der Waals surface area contributed by atoms with Gasteiger partial charge in [-0.05, 0) is 69.3 Å². The molecule has 0 aromatic heterocycles. The van der Waals surface area contributed by atoms with Gasteiger partial charge < -0.3 is 15.8 Å². The average Bonchev–Trinajstić information content (AvgIpc) is 2.50. The molecule has 0 aliphatic heterocycles. The van der Waals surface area contributed by atoms with Crippen molar-refractivity contribution in [3.63, 3.8) is 0 Å². The Kier molecular flexibility index (Phi) is 6.72. The number of hydrogen-bond donors (Lipinski definition) is 2. The minimum atomic E-state index is 0.429. The van der Waals surface area contributed by atoms with Crippen LogP contribution < -0.4 is 15.8 Å². The van der Waals surface area contributed by atoms with Gasteiger partial charge in [-0.1, -0.05) is 12.8 Å². The third kappa shape index (κ3) is 5.41. The van der Waals surface area contributed by atoms with Crippen molar-refractivity contribution in [1.82, 2.24) is 0 Å². The topological polar surface area (TPSA) is 47.3 Å². The molecule has 1 aromatic carbocycles. The Balaban J connectivity index is 1.69. The molecule has 20 heavy (non-hydrogen) atoms. The van der Waals surface area contributed by atoms with Crippen molar-refractivity contribution in [1.29, 1.82) is 0 Å². The van der Waals surface area contributed by atoms with Gasteiger partial charge in [-0.2, -0.15) is 0 Å². The van der Waals surface area contributed by atoms with Crippen molar-refractivity contribution in [3.05, 3.63) is 24.3 Å². The first-order chi connectivity index (χ1) is 9.88. The second-order valence-electron chi connectivity index (χ2n) is 5.68. The fourth-order valence-electron chi connectivity index (χ4n) is 2.71. The van der Waals surface area contributed by atoms with Crippen molar-refractivity contribution >= 4 is 5.69 Å². The second kappa shape index (κ2) is 8.85. The van der Waals surface area contributed by atoms with Crippen LogP contribution in [0.25, 0.3) is 0 Å². The summed E-state index contributed by atoms with van der Waals surface area (Å²) in [5.74, 6) is 1.01. The van der Waals surface area contributed by atoms with Gasteiger partial charge in [0.25, 0.3) is 0 Å². The smallest absolute Gasteiger partial charge is 0.119 e. The van der Waals surface area contributed by atoms with Crippen molar-refractivity contribution in [2.45, 2.75) is 57.5 Å². The zero-order chi connectivity index (χ0) is 14.0. The minimum Gasteiger partial charge on any atom is -0.490 e. The maximum atomic E-state index is 6.03. The van der Waals surface area contributed by atoms with Crippen molar-refractivity contribution in [3.8, 4) is 5.75 Å². The lowest BCUT2D eigenvalue weighted by molar-refractivity contribution is 0.155. The molecular formula is C17H28N2O. The SMILES string of the molecule is NCCCCCNc1ccc(OC2CCCCC2)cc1.